The van der Waals surface area contributed by atoms with Crippen LogP contribution in [0.4, 0.5) is 9.52 Å². The molecule has 4 rings (SSSR count). The van der Waals surface area contributed by atoms with E-state index in [0.29, 0.717) is 56.2 Å². The van der Waals surface area contributed by atoms with E-state index in [1.165, 1.54) is 28.6 Å². The van der Waals surface area contributed by atoms with Crippen molar-refractivity contribution in [1.82, 2.24) is 14.6 Å². The molecule has 0 radical (unpaired) electrons. The van der Waals surface area contributed by atoms with Gasteiger partial charge in [0.05, 0.1) is 24.3 Å². The van der Waals surface area contributed by atoms with Crippen molar-refractivity contribution in [3.8, 4) is 0 Å². The van der Waals surface area contributed by atoms with Gasteiger partial charge in [0.1, 0.15) is 0 Å². The number of hydrogen-bond acceptors (Lipinski definition) is 9. The number of sulfonamides is 1. The molecular weight excluding hydrogens is 473 g/mol. The first kappa shape index (κ1) is 23.7. The Kier molecular flexibility index (Phi) is 7.65. The number of benzene rings is 1. The molecule has 0 saturated carbocycles. The van der Waals surface area contributed by atoms with Crippen molar-refractivity contribution in [3.05, 3.63) is 41.2 Å². The minimum absolute atomic E-state index is 0.0726. The van der Waals surface area contributed by atoms with Gasteiger partial charge in [-0.15, -0.1) is 0 Å². The number of anilines is 1. The van der Waals surface area contributed by atoms with Crippen molar-refractivity contribution in [2.45, 2.75) is 23.8 Å². The van der Waals surface area contributed by atoms with E-state index in [4.69, 9.17) is 9.57 Å². The van der Waals surface area contributed by atoms with E-state index in [9.17, 15) is 17.6 Å². The first-order chi connectivity index (χ1) is 15.9. The quantitative estimate of drug-likeness (QED) is 0.438. The van der Waals surface area contributed by atoms with Gasteiger partial charge in [0.25, 0.3) is 5.91 Å². The smallest absolute Gasteiger partial charge is 0.280 e. The first-order valence-corrected chi connectivity index (χ1v) is 12.7. The molecule has 13 heteroatoms. The second-order valence-corrected chi connectivity index (χ2v) is 10.4. The SMILES string of the molecule is O=C(Nc1ncc(F)s1)/C(=N/O[C@@H]1CCOC1)c1ccc(S(=O)(=O)N2CCCNCC2)cc1. The first-order valence-electron chi connectivity index (χ1n) is 10.5. The van der Waals surface area contributed by atoms with Crippen LogP contribution in [0, 0.1) is 5.13 Å². The Balaban J connectivity index is 1.56. The van der Waals surface area contributed by atoms with Gasteiger partial charge in [0, 0.05) is 31.6 Å². The van der Waals surface area contributed by atoms with E-state index in [-0.39, 0.29) is 21.8 Å². The third-order valence-corrected chi connectivity index (χ3v) is 7.77. The molecule has 1 aromatic carbocycles. The van der Waals surface area contributed by atoms with E-state index >= 15 is 0 Å². The molecule has 2 N–H and O–H groups in total. The zero-order valence-electron chi connectivity index (χ0n) is 17.7. The highest BCUT2D eigenvalue weighted by Gasteiger charge is 2.26. The summed E-state index contributed by atoms with van der Waals surface area (Å²) in [6, 6.07) is 5.87. The van der Waals surface area contributed by atoms with Crippen molar-refractivity contribution in [2.75, 3.05) is 44.7 Å². The number of nitrogens with one attached hydrogen (secondary N) is 2. The van der Waals surface area contributed by atoms with Gasteiger partial charge in [-0.3, -0.25) is 10.1 Å². The summed E-state index contributed by atoms with van der Waals surface area (Å²) in [5, 5.41) is 9.22. The van der Waals surface area contributed by atoms with Gasteiger partial charge in [0.15, 0.2) is 22.1 Å². The number of hydrogen-bond donors (Lipinski definition) is 2. The fraction of sp³-hybridized carbons (Fsp3) is 0.450. The van der Waals surface area contributed by atoms with Crippen LogP contribution in [0.1, 0.15) is 18.4 Å². The van der Waals surface area contributed by atoms with Crippen LogP contribution in [0.15, 0.2) is 40.5 Å². The number of aromatic nitrogens is 1. The predicted molar refractivity (Wildman–Crippen MR) is 120 cm³/mol. The Labute approximate surface area is 194 Å². The van der Waals surface area contributed by atoms with Crippen LogP contribution in [-0.4, -0.2) is 74.8 Å². The maximum Gasteiger partial charge on any atom is 0.280 e. The summed E-state index contributed by atoms with van der Waals surface area (Å²) >= 11 is 0.680. The summed E-state index contributed by atoms with van der Waals surface area (Å²) in [7, 11) is -3.66. The van der Waals surface area contributed by atoms with Gasteiger partial charge in [-0.1, -0.05) is 28.6 Å². The Morgan fingerprint density at radius 3 is 2.82 bits per heavy atom. The molecule has 178 valence electrons. The van der Waals surface area contributed by atoms with Gasteiger partial charge in [-0.25, -0.2) is 13.4 Å². The molecule has 3 heterocycles. The Bertz CT molecular complexity index is 1090. The summed E-state index contributed by atoms with van der Waals surface area (Å²) in [4.78, 5) is 22.2. The van der Waals surface area contributed by atoms with Crippen molar-refractivity contribution in [2.24, 2.45) is 5.16 Å². The Hall–Kier alpha value is -2.45. The number of amides is 1. The molecule has 10 nitrogen and oxygen atoms in total. The standard InChI is InChI=1S/C20H24FN5O5S2/c21-17-12-23-20(32-17)24-19(27)18(25-31-15-6-11-30-13-15)14-2-4-16(5-3-14)33(28,29)26-9-1-7-22-8-10-26/h2-5,12,15,22H,1,6-11,13H2,(H,23,24,27)/b25-18+/t15-/m1/s1. The molecule has 33 heavy (non-hydrogen) atoms. The minimum atomic E-state index is -3.66. The van der Waals surface area contributed by atoms with Gasteiger partial charge >= 0.3 is 0 Å². The molecular formula is C20H24FN5O5S2. The minimum Gasteiger partial charge on any atom is -0.389 e. The van der Waals surface area contributed by atoms with Crippen LogP contribution < -0.4 is 10.6 Å². The van der Waals surface area contributed by atoms with E-state index < -0.39 is 21.1 Å². The second kappa shape index (κ2) is 10.7. The number of carbonyl (C=O) groups is 1. The molecule has 2 aliphatic rings. The maximum absolute atomic E-state index is 13.3. The van der Waals surface area contributed by atoms with Crippen molar-refractivity contribution in [3.63, 3.8) is 0 Å². The van der Waals surface area contributed by atoms with Crippen LogP contribution in [0.2, 0.25) is 0 Å². The van der Waals surface area contributed by atoms with Gasteiger partial charge in [0.2, 0.25) is 10.0 Å². The third-order valence-electron chi connectivity index (χ3n) is 5.16. The Morgan fingerprint density at radius 1 is 1.30 bits per heavy atom. The second-order valence-electron chi connectivity index (χ2n) is 7.49. The molecule has 0 unspecified atom stereocenters. The van der Waals surface area contributed by atoms with E-state index in [1.54, 1.807) is 0 Å². The summed E-state index contributed by atoms with van der Waals surface area (Å²) in [5.74, 6) is -0.655. The van der Waals surface area contributed by atoms with Crippen molar-refractivity contribution < 1.29 is 27.2 Å². The largest absolute Gasteiger partial charge is 0.389 e. The van der Waals surface area contributed by atoms with Crippen LogP contribution in [0.5, 0.6) is 0 Å². The highest BCUT2D eigenvalue weighted by atomic mass is 32.2. The summed E-state index contributed by atoms with van der Waals surface area (Å²) in [6.45, 7) is 3.09. The molecule has 1 atom stereocenters. The number of nitrogens with zero attached hydrogens (tertiary/aromatic N) is 3. The summed E-state index contributed by atoms with van der Waals surface area (Å²) in [5.41, 5.74) is 0.264. The van der Waals surface area contributed by atoms with Crippen LogP contribution in [0.25, 0.3) is 0 Å². The third kappa shape index (κ3) is 5.92. The number of rotatable bonds is 7. The molecule has 0 bridgehead atoms. The lowest BCUT2D eigenvalue weighted by atomic mass is 10.1. The van der Waals surface area contributed by atoms with Crippen molar-refractivity contribution >= 4 is 38.1 Å². The monoisotopic (exact) mass is 497 g/mol. The lowest BCUT2D eigenvalue weighted by Crippen LogP contribution is -2.34. The van der Waals surface area contributed by atoms with Crippen LogP contribution in [0.3, 0.4) is 0 Å². The number of thiazole rings is 1. The van der Waals surface area contributed by atoms with E-state index in [1.807, 2.05) is 0 Å². The lowest BCUT2D eigenvalue weighted by molar-refractivity contribution is -0.110. The van der Waals surface area contributed by atoms with Crippen LogP contribution in [-0.2, 0) is 24.4 Å². The predicted octanol–water partition coefficient (Wildman–Crippen LogP) is 1.41. The summed E-state index contributed by atoms with van der Waals surface area (Å²) in [6.07, 6.45) is 2.08. The van der Waals surface area contributed by atoms with E-state index in [2.05, 4.69) is 20.8 Å². The fourth-order valence-electron chi connectivity index (χ4n) is 3.41. The van der Waals surface area contributed by atoms with Crippen LogP contribution >= 0.6 is 11.3 Å². The number of oxime groups is 1. The molecule has 1 amide bonds. The highest BCUT2D eigenvalue weighted by molar-refractivity contribution is 7.89. The van der Waals surface area contributed by atoms with Gasteiger partial charge in [-0.05, 0) is 25.1 Å². The highest BCUT2D eigenvalue weighted by Crippen LogP contribution is 2.20. The average Bonchev–Trinajstić information content (AvgIpc) is 3.38. The van der Waals surface area contributed by atoms with Gasteiger partial charge in [-0.2, -0.15) is 8.70 Å². The van der Waals surface area contributed by atoms with Gasteiger partial charge < -0.3 is 14.9 Å². The van der Waals surface area contributed by atoms with Crippen molar-refractivity contribution in [1.29, 1.82) is 0 Å². The molecule has 0 aliphatic carbocycles. The zero-order valence-corrected chi connectivity index (χ0v) is 19.3. The maximum atomic E-state index is 13.3. The van der Waals surface area contributed by atoms with E-state index in [0.717, 1.165) is 19.2 Å². The molecule has 2 aliphatic heterocycles. The lowest BCUT2D eigenvalue weighted by Gasteiger charge is -2.19. The number of carbonyl (C=O) groups excluding carboxylic acids is 1. The Morgan fingerprint density at radius 2 is 2.12 bits per heavy atom. The molecule has 2 saturated heterocycles. The zero-order chi connectivity index (χ0) is 23.3. The summed E-state index contributed by atoms with van der Waals surface area (Å²) < 4.78 is 46.0. The average molecular weight is 498 g/mol. The molecule has 2 aromatic rings. The normalized spacial score (nSPS) is 20.4. The number of ether oxygens (including phenoxy) is 1. The molecule has 1 aromatic heterocycles. The number of halogens is 1. The molecule has 2 fully saturated rings. The topological polar surface area (TPSA) is 122 Å². The molecule has 0 spiro atoms. The fourth-order valence-corrected chi connectivity index (χ4v) is 5.43.